The van der Waals surface area contributed by atoms with Gasteiger partial charge in [-0.25, -0.2) is 4.68 Å². The van der Waals surface area contributed by atoms with Crippen LogP contribution in [0, 0.1) is 11.8 Å². The van der Waals surface area contributed by atoms with Gasteiger partial charge >= 0.3 is 0 Å². The van der Waals surface area contributed by atoms with Crippen molar-refractivity contribution in [2.45, 2.75) is 53.0 Å². The fraction of sp³-hybridized carbons (Fsp3) is 0.667. The van der Waals surface area contributed by atoms with Gasteiger partial charge in [0.2, 0.25) is 0 Å². The molecule has 0 aliphatic heterocycles. The summed E-state index contributed by atoms with van der Waals surface area (Å²) in [6.45, 7) is 7.26. The standard InChI is InChI=1S/C15H21N3OS/c1-9(2)6-7-18-15(19)13-11-5-4-10(3)8-12(11)20-14(13)16-17-18/h9-10H,4-8H2,1-3H3/t10-/m0/s1. The molecular weight excluding hydrogens is 270 g/mol. The molecule has 1 aliphatic rings. The van der Waals surface area contributed by atoms with Gasteiger partial charge in [0.15, 0.2) is 4.83 Å². The molecule has 0 aromatic carbocycles. The lowest BCUT2D eigenvalue weighted by atomic mass is 9.89. The highest BCUT2D eigenvalue weighted by molar-refractivity contribution is 7.18. The Balaban J connectivity index is 2.06. The van der Waals surface area contributed by atoms with Crippen LogP contribution in [0.2, 0.25) is 0 Å². The Labute approximate surface area is 122 Å². The third-order valence-electron chi connectivity index (χ3n) is 4.10. The molecule has 0 bridgehead atoms. The number of hydrogen-bond donors (Lipinski definition) is 0. The van der Waals surface area contributed by atoms with Crippen molar-refractivity contribution in [1.29, 1.82) is 0 Å². The van der Waals surface area contributed by atoms with Crippen LogP contribution in [0.4, 0.5) is 0 Å². The van der Waals surface area contributed by atoms with Crippen molar-refractivity contribution in [3.8, 4) is 0 Å². The summed E-state index contributed by atoms with van der Waals surface area (Å²) in [7, 11) is 0. The molecular formula is C15H21N3OS. The Hall–Kier alpha value is -1.23. The Morgan fingerprint density at radius 1 is 1.45 bits per heavy atom. The Morgan fingerprint density at radius 2 is 2.25 bits per heavy atom. The van der Waals surface area contributed by atoms with E-state index < -0.39 is 0 Å². The number of nitrogens with zero attached hydrogens (tertiary/aromatic N) is 3. The number of hydrogen-bond acceptors (Lipinski definition) is 4. The first-order chi connectivity index (χ1) is 9.56. The summed E-state index contributed by atoms with van der Waals surface area (Å²) >= 11 is 1.66. The lowest BCUT2D eigenvalue weighted by Crippen LogP contribution is -2.25. The maximum atomic E-state index is 12.6. The summed E-state index contributed by atoms with van der Waals surface area (Å²) in [4.78, 5) is 14.8. The molecule has 0 saturated carbocycles. The van der Waals surface area contributed by atoms with Crippen LogP contribution < -0.4 is 5.56 Å². The van der Waals surface area contributed by atoms with Gasteiger partial charge in [0.05, 0.1) is 5.39 Å². The molecule has 3 rings (SSSR count). The molecule has 20 heavy (non-hydrogen) atoms. The molecule has 0 unspecified atom stereocenters. The SMILES string of the molecule is CC(C)CCn1nnc2sc3c(c2c1=O)CC[C@H](C)C3. The van der Waals surface area contributed by atoms with Crippen molar-refractivity contribution in [3.63, 3.8) is 0 Å². The van der Waals surface area contributed by atoms with Crippen molar-refractivity contribution in [2.24, 2.45) is 11.8 Å². The zero-order valence-corrected chi connectivity index (χ0v) is 13.2. The van der Waals surface area contributed by atoms with Gasteiger partial charge in [-0.2, -0.15) is 0 Å². The molecule has 0 saturated heterocycles. The second-order valence-corrected chi connectivity index (χ2v) is 7.42. The highest BCUT2D eigenvalue weighted by atomic mass is 32.1. The highest BCUT2D eigenvalue weighted by Crippen LogP contribution is 2.35. The predicted molar refractivity (Wildman–Crippen MR) is 82.3 cm³/mol. The summed E-state index contributed by atoms with van der Waals surface area (Å²) in [6, 6.07) is 0. The molecule has 2 aromatic heterocycles. The molecule has 0 N–H and O–H groups in total. The molecule has 4 nitrogen and oxygen atoms in total. The van der Waals surface area contributed by atoms with Gasteiger partial charge < -0.3 is 0 Å². The fourth-order valence-corrected chi connectivity index (χ4v) is 4.14. The molecule has 0 spiro atoms. The molecule has 2 aromatic rings. The molecule has 1 aliphatic carbocycles. The van der Waals surface area contributed by atoms with Gasteiger partial charge in [-0.1, -0.05) is 26.0 Å². The minimum absolute atomic E-state index is 0.0581. The average molecular weight is 291 g/mol. The number of thiophene rings is 1. The van der Waals surface area contributed by atoms with Crippen molar-refractivity contribution in [3.05, 3.63) is 20.8 Å². The first-order valence-corrected chi connectivity index (χ1v) is 8.26. The Morgan fingerprint density at radius 3 is 3.00 bits per heavy atom. The number of aryl methyl sites for hydroxylation is 2. The van der Waals surface area contributed by atoms with E-state index in [0.717, 1.165) is 29.5 Å². The predicted octanol–water partition coefficient (Wildman–Crippen LogP) is 3.02. The average Bonchev–Trinajstić information content (AvgIpc) is 2.75. The minimum atomic E-state index is 0.0581. The van der Waals surface area contributed by atoms with E-state index in [9.17, 15) is 4.79 Å². The van der Waals surface area contributed by atoms with Crippen LogP contribution in [0.5, 0.6) is 0 Å². The van der Waals surface area contributed by atoms with Gasteiger partial charge in [0.1, 0.15) is 0 Å². The van der Waals surface area contributed by atoms with Gasteiger partial charge in [0, 0.05) is 11.4 Å². The third kappa shape index (κ3) is 2.39. The number of fused-ring (bicyclic) bond motifs is 3. The zero-order valence-electron chi connectivity index (χ0n) is 12.3. The largest absolute Gasteiger partial charge is 0.278 e. The molecule has 1 atom stereocenters. The highest BCUT2D eigenvalue weighted by Gasteiger charge is 2.23. The smallest absolute Gasteiger partial charge is 0.267 e. The second kappa shape index (κ2) is 5.28. The summed E-state index contributed by atoms with van der Waals surface area (Å²) in [5.41, 5.74) is 1.31. The second-order valence-electron chi connectivity index (χ2n) is 6.33. The lowest BCUT2D eigenvalue weighted by molar-refractivity contribution is 0.459. The van der Waals surface area contributed by atoms with Crippen LogP contribution in [-0.2, 0) is 19.4 Å². The molecule has 0 radical (unpaired) electrons. The molecule has 5 heteroatoms. The summed E-state index contributed by atoms with van der Waals surface area (Å²) < 4.78 is 1.55. The van der Waals surface area contributed by atoms with Crippen LogP contribution in [0.25, 0.3) is 10.2 Å². The Bertz CT molecular complexity index is 686. The van der Waals surface area contributed by atoms with Gasteiger partial charge in [-0.05, 0) is 43.1 Å². The van der Waals surface area contributed by atoms with Crippen LogP contribution >= 0.6 is 11.3 Å². The fourth-order valence-electron chi connectivity index (χ4n) is 2.82. The molecule has 0 amide bonds. The van der Waals surface area contributed by atoms with E-state index in [2.05, 4.69) is 31.1 Å². The van der Waals surface area contributed by atoms with E-state index in [1.807, 2.05) is 0 Å². The van der Waals surface area contributed by atoms with Gasteiger partial charge in [-0.3, -0.25) is 4.79 Å². The van der Waals surface area contributed by atoms with E-state index >= 15 is 0 Å². The van der Waals surface area contributed by atoms with Crippen molar-refractivity contribution < 1.29 is 0 Å². The van der Waals surface area contributed by atoms with E-state index in [4.69, 9.17) is 0 Å². The van der Waals surface area contributed by atoms with Crippen molar-refractivity contribution in [2.75, 3.05) is 0 Å². The topological polar surface area (TPSA) is 47.8 Å². The van der Waals surface area contributed by atoms with Crippen LogP contribution in [-0.4, -0.2) is 15.0 Å². The number of rotatable bonds is 3. The van der Waals surface area contributed by atoms with Gasteiger partial charge in [0.25, 0.3) is 5.56 Å². The normalized spacial score (nSPS) is 18.7. The van der Waals surface area contributed by atoms with E-state index in [1.54, 1.807) is 16.0 Å². The van der Waals surface area contributed by atoms with Crippen molar-refractivity contribution >= 4 is 21.6 Å². The van der Waals surface area contributed by atoms with E-state index in [1.165, 1.54) is 16.9 Å². The summed E-state index contributed by atoms with van der Waals surface area (Å²) in [5.74, 6) is 1.28. The summed E-state index contributed by atoms with van der Waals surface area (Å²) in [6.07, 6.45) is 4.24. The Kier molecular flexibility index (Phi) is 3.63. The lowest BCUT2D eigenvalue weighted by Gasteiger charge is -2.17. The van der Waals surface area contributed by atoms with E-state index in [0.29, 0.717) is 18.4 Å². The molecule has 108 valence electrons. The maximum Gasteiger partial charge on any atom is 0.278 e. The van der Waals surface area contributed by atoms with Gasteiger partial charge in [-0.15, -0.1) is 16.4 Å². The molecule has 0 fully saturated rings. The van der Waals surface area contributed by atoms with Crippen LogP contribution in [0.1, 0.15) is 44.1 Å². The number of aromatic nitrogens is 3. The quantitative estimate of drug-likeness (QED) is 0.873. The monoisotopic (exact) mass is 291 g/mol. The maximum absolute atomic E-state index is 12.6. The van der Waals surface area contributed by atoms with Crippen LogP contribution in [0.3, 0.4) is 0 Å². The third-order valence-corrected chi connectivity index (χ3v) is 5.24. The van der Waals surface area contributed by atoms with Crippen molar-refractivity contribution in [1.82, 2.24) is 15.0 Å². The minimum Gasteiger partial charge on any atom is -0.267 e. The van der Waals surface area contributed by atoms with Crippen LogP contribution in [0.15, 0.2) is 4.79 Å². The first kappa shape index (κ1) is 13.7. The first-order valence-electron chi connectivity index (χ1n) is 7.44. The zero-order chi connectivity index (χ0) is 14.3. The summed E-state index contributed by atoms with van der Waals surface area (Å²) in [5, 5.41) is 9.23. The van der Waals surface area contributed by atoms with E-state index in [-0.39, 0.29) is 5.56 Å². The molecule has 2 heterocycles.